The van der Waals surface area contributed by atoms with Crippen molar-refractivity contribution in [3.05, 3.63) is 41.5 Å². The molecule has 0 radical (unpaired) electrons. The van der Waals surface area contributed by atoms with Crippen molar-refractivity contribution in [2.75, 3.05) is 0 Å². The summed E-state index contributed by atoms with van der Waals surface area (Å²) in [7, 11) is 0. The third kappa shape index (κ3) is 1.90. The van der Waals surface area contributed by atoms with Crippen LogP contribution < -0.4 is 5.73 Å². The van der Waals surface area contributed by atoms with E-state index in [1.807, 2.05) is 26.0 Å². The van der Waals surface area contributed by atoms with E-state index in [1.165, 1.54) is 0 Å². The summed E-state index contributed by atoms with van der Waals surface area (Å²) in [6.07, 6.45) is 1.69. The maximum absolute atomic E-state index is 9.52. The predicted octanol–water partition coefficient (Wildman–Crippen LogP) is 2.19. The van der Waals surface area contributed by atoms with E-state index in [2.05, 4.69) is 6.58 Å². The van der Waals surface area contributed by atoms with E-state index >= 15 is 0 Å². The molecule has 0 unspecified atom stereocenters. The van der Waals surface area contributed by atoms with Gasteiger partial charge in [0.25, 0.3) is 0 Å². The van der Waals surface area contributed by atoms with Gasteiger partial charge in [0.2, 0.25) is 0 Å². The Bertz CT molecular complexity index is 308. The van der Waals surface area contributed by atoms with Gasteiger partial charge in [-0.25, -0.2) is 0 Å². The second-order valence-corrected chi connectivity index (χ2v) is 3.26. The highest BCUT2D eigenvalue weighted by Gasteiger charge is 2.06. The number of benzene rings is 1. The third-order valence-electron chi connectivity index (χ3n) is 2.15. The van der Waals surface area contributed by atoms with Crippen molar-refractivity contribution in [3.8, 4) is 5.75 Å². The Balaban J connectivity index is 3.20. The van der Waals surface area contributed by atoms with Gasteiger partial charge in [-0.3, -0.25) is 0 Å². The first-order valence-corrected chi connectivity index (χ1v) is 4.24. The normalized spacial score (nSPS) is 12.5. The van der Waals surface area contributed by atoms with E-state index in [1.54, 1.807) is 6.08 Å². The van der Waals surface area contributed by atoms with E-state index in [0.29, 0.717) is 5.75 Å². The van der Waals surface area contributed by atoms with Gasteiger partial charge in [0, 0.05) is 6.04 Å². The molecule has 2 nitrogen and oxygen atoms in total. The first-order valence-electron chi connectivity index (χ1n) is 4.24. The summed E-state index contributed by atoms with van der Waals surface area (Å²) in [5.74, 6) is 0.347. The number of phenols is 1. The molecule has 0 aliphatic heterocycles. The van der Waals surface area contributed by atoms with Gasteiger partial charge >= 0.3 is 0 Å². The zero-order valence-corrected chi connectivity index (χ0v) is 8.04. The Labute approximate surface area is 78.7 Å². The fourth-order valence-electron chi connectivity index (χ4n) is 1.32. The van der Waals surface area contributed by atoms with Crippen LogP contribution in [0.5, 0.6) is 5.75 Å². The van der Waals surface area contributed by atoms with Crippen LogP contribution in [0.4, 0.5) is 0 Å². The molecule has 0 bridgehead atoms. The molecule has 0 heterocycles. The predicted molar refractivity (Wildman–Crippen MR) is 54.7 cm³/mol. The van der Waals surface area contributed by atoms with Crippen LogP contribution in [0, 0.1) is 13.8 Å². The fraction of sp³-hybridized carbons (Fsp3) is 0.273. The standard InChI is InChI=1S/C11H15NO/c1-4-10(12)9-5-7(2)11(13)8(3)6-9/h4-6,10,13H,1,12H2,2-3H3/t10-/m1/s1. The Morgan fingerprint density at radius 1 is 1.38 bits per heavy atom. The Kier molecular flexibility index (Phi) is 2.73. The maximum atomic E-state index is 9.52. The van der Waals surface area contributed by atoms with Gasteiger partial charge in [0.15, 0.2) is 0 Å². The summed E-state index contributed by atoms with van der Waals surface area (Å²) in [5.41, 5.74) is 8.48. The molecule has 3 N–H and O–H groups in total. The van der Waals surface area contributed by atoms with Crippen LogP contribution in [0.25, 0.3) is 0 Å². The molecule has 70 valence electrons. The highest BCUT2D eigenvalue weighted by atomic mass is 16.3. The molecule has 0 aliphatic rings. The van der Waals surface area contributed by atoms with Gasteiger partial charge in [-0.2, -0.15) is 0 Å². The lowest BCUT2D eigenvalue weighted by molar-refractivity contribution is 0.466. The minimum absolute atomic E-state index is 0.155. The number of rotatable bonds is 2. The van der Waals surface area contributed by atoms with Gasteiger partial charge in [0.1, 0.15) is 5.75 Å². The van der Waals surface area contributed by atoms with E-state index < -0.39 is 0 Å². The molecule has 1 rings (SSSR count). The summed E-state index contributed by atoms with van der Waals surface area (Å²) in [6, 6.07) is 3.61. The molecule has 0 aliphatic carbocycles. The monoisotopic (exact) mass is 177 g/mol. The van der Waals surface area contributed by atoms with Crippen LogP contribution >= 0.6 is 0 Å². The zero-order valence-electron chi connectivity index (χ0n) is 8.04. The number of aromatic hydroxyl groups is 1. The van der Waals surface area contributed by atoms with Crippen molar-refractivity contribution >= 4 is 0 Å². The summed E-state index contributed by atoms with van der Waals surface area (Å²) in [4.78, 5) is 0. The van der Waals surface area contributed by atoms with Crippen molar-refractivity contribution < 1.29 is 5.11 Å². The Morgan fingerprint density at radius 2 is 1.85 bits per heavy atom. The second kappa shape index (κ2) is 3.62. The molecule has 0 fully saturated rings. The SMILES string of the molecule is C=C[C@@H](N)c1cc(C)c(O)c(C)c1. The van der Waals surface area contributed by atoms with Gasteiger partial charge in [-0.15, -0.1) is 6.58 Å². The Morgan fingerprint density at radius 3 is 2.23 bits per heavy atom. The smallest absolute Gasteiger partial charge is 0.121 e. The van der Waals surface area contributed by atoms with Gasteiger partial charge < -0.3 is 10.8 Å². The average molecular weight is 177 g/mol. The number of aryl methyl sites for hydroxylation is 2. The summed E-state index contributed by atoms with van der Waals surface area (Å²) < 4.78 is 0. The lowest BCUT2D eigenvalue weighted by Gasteiger charge is -2.10. The van der Waals surface area contributed by atoms with Gasteiger partial charge in [-0.05, 0) is 30.5 Å². The topological polar surface area (TPSA) is 46.2 Å². The van der Waals surface area contributed by atoms with Crippen LogP contribution in [0.3, 0.4) is 0 Å². The molecule has 0 amide bonds. The van der Waals surface area contributed by atoms with Crippen molar-refractivity contribution in [2.45, 2.75) is 19.9 Å². The minimum atomic E-state index is -0.155. The minimum Gasteiger partial charge on any atom is -0.507 e. The molecule has 1 aromatic carbocycles. The van der Waals surface area contributed by atoms with Crippen LogP contribution in [-0.2, 0) is 0 Å². The van der Waals surface area contributed by atoms with Crippen LogP contribution in [-0.4, -0.2) is 5.11 Å². The molecule has 1 aromatic rings. The zero-order chi connectivity index (χ0) is 10.0. The van der Waals surface area contributed by atoms with E-state index in [9.17, 15) is 5.11 Å². The molecular weight excluding hydrogens is 162 g/mol. The molecule has 1 atom stereocenters. The first kappa shape index (κ1) is 9.81. The lowest BCUT2D eigenvalue weighted by Crippen LogP contribution is -2.06. The van der Waals surface area contributed by atoms with Crippen LogP contribution in [0.2, 0.25) is 0 Å². The number of hydrogen-bond acceptors (Lipinski definition) is 2. The lowest BCUT2D eigenvalue weighted by atomic mass is 10.0. The summed E-state index contributed by atoms with van der Waals surface area (Å²) in [5, 5.41) is 9.52. The molecule has 0 saturated heterocycles. The quantitative estimate of drug-likeness (QED) is 0.680. The van der Waals surface area contributed by atoms with Crippen LogP contribution in [0.15, 0.2) is 24.8 Å². The number of phenolic OH excluding ortho intramolecular Hbond substituents is 1. The molecule has 0 saturated carbocycles. The van der Waals surface area contributed by atoms with E-state index in [-0.39, 0.29) is 6.04 Å². The molecule has 13 heavy (non-hydrogen) atoms. The third-order valence-corrected chi connectivity index (χ3v) is 2.15. The summed E-state index contributed by atoms with van der Waals surface area (Å²) >= 11 is 0. The number of hydrogen-bond donors (Lipinski definition) is 2. The summed E-state index contributed by atoms with van der Waals surface area (Å²) in [6.45, 7) is 7.36. The first-order chi connectivity index (χ1) is 6.06. The van der Waals surface area contributed by atoms with E-state index in [0.717, 1.165) is 16.7 Å². The number of nitrogens with two attached hydrogens (primary N) is 1. The highest BCUT2D eigenvalue weighted by molar-refractivity contribution is 5.43. The van der Waals surface area contributed by atoms with Crippen molar-refractivity contribution in [1.29, 1.82) is 0 Å². The fourth-order valence-corrected chi connectivity index (χ4v) is 1.32. The van der Waals surface area contributed by atoms with Crippen molar-refractivity contribution in [3.63, 3.8) is 0 Å². The maximum Gasteiger partial charge on any atom is 0.121 e. The van der Waals surface area contributed by atoms with E-state index in [4.69, 9.17) is 5.73 Å². The Hall–Kier alpha value is -1.28. The largest absolute Gasteiger partial charge is 0.507 e. The van der Waals surface area contributed by atoms with Gasteiger partial charge in [-0.1, -0.05) is 18.2 Å². The molecular formula is C11H15NO. The molecule has 2 heteroatoms. The van der Waals surface area contributed by atoms with Crippen molar-refractivity contribution in [2.24, 2.45) is 5.73 Å². The van der Waals surface area contributed by atoms with Crippen LogP contribution in [0.1, 0.15) is 22.7 Å². The molecule has 0 spiro atoms. The van der Waals surface area contributed by atoms with Crippen molar-refractivity contribution in [1.82, 2.24) is 0 Å². The highest BCUT2D eigenvalue weighted by Crippen LogP contribution is 2.25. The molecule has 0 aromatic heterocycles. The average Bonchev–Trinajstić information content (AvgIpc) is 2.12. The van der Waals surface area contributed by atoms with Gasteiger partial charge in [0.05, 0.1) is 0 Å². The second-order valence-electron chi connectivity index (χ2n) is 3.26.